The fraction of sp³-hybridized carbons (Fsp3) is 1.00. The zero-order valence-corrected chi connectivity index (χ0v) is 14.1. The Morgan fingerprint density at radius 3 is 1.40 bits per heavy atom. The Bertz CT molecular complexity index is 210. The van der Waals surface area contributed by atoms with Crippen molar-refractivity contribution in [1.29, 1.82) is 0 Å². The van der Waals surface area contributed by atoms with Crippen LogP contribution in [0.25, 0.3) is 0 Å². The van der Waals surface area contributed by atoms with E-state index in [4.69, 9.17) is 0 Å². The van der Waals surface area contributed by atoms with Crippen LogP contribution in [0.3, 0.4) is 0 Å². The van der Waals surface area contributed by atoms with Gasteiger partial charge in [-0.1, -0.05) is 90.4 Å². The molecule has 3 nitrogen and oxygen atoms in total. The lowest BCUT2D eigenvalue weighted by Crippen LogP contribution is -1.97. The predicted molar refractivity (Wildman–Crippen MR) is 85.2 cm³/mol. The molecule has 1 unspecified atom stereocenters. The molecule has 1 atom stereocenters. The van der Waals surface area contributed by atoms with Gasteiger partial charge in [0.1, 0.15) is 0 Å². The molecule has 4 heteroatoms. The van der Waals surface area contributed by atoms with Crippen LogP contribution in [0.4, 0.5) is 0 Å². The molecule has 0 spiro atoms. The molecule has 0 aliphatic carbocycles. The molecule has 0 radical (unpaired) electrons. The summed E-state index contributed by atoms with van der Waals surface area (Å²) in [6, 6.07) is 0. The molecular weight excluding hydrogens is 272 g/mol. The van der Waals surface area contributed by atoms with E-state index >= 15 is 0 Å². The molecule has 0 aliphatic rings. The molecule has 0 aromatic heterocycles. The van der Waals surface area contributed by atoms with E-state index in [0.29, 0.717) is 6.61 Å². The third-order valence-electron chi connectivity index (χ3n) is 3.68. The van der Waals surface area contributed by atoms with E-state index in [9.17, 15) is 8.76 Å². The standard InChI is InChI=1S/C16H34O3S/c1-2-3-4-5-6-7-8-9-10-11-12-13-14-15-16-19-20(17)18/h2-16H2,1H3,(H,17,18)/p-1. The molecule has 0 saturated heterocycles. The molecule has 0 bridgehead atoms. The van der Waals surface area contributed by atoms with E-state index in [1.807, 2.05) is 0 Å². The topological polar surface area (TPSA) is 49.4 Å². The largest absolute Gasteiger partial charge is 0.750 e. The monoisotopic (exact) mass is 305 g/mol. The first kappa shape index (κ1) is 20.1. The second kappa shape index (κ2) is 17.1. The lowest BCUT2D eigenvalue weighted by atomic mass is 10.0. The molecule has 0 amide bonds. The Morgan fingerprint density at radius 1 is 0.700 bits per heavy atom. The number of rotatable bonds is 16. The second-order valence-corrected chi connectivity index (χ2v) is 6.27. The maximum atomic E-state index is 10.1. The van der Waals surface area contributed by atoms with Crippen LogP contribution >= 0.6 is 0 Å². The normalized spacial score (nSPS) is 12.7. The van der Waals surface area contributed by atoms with Crippen molar-refractivity contribution in [3.05, 3.63) is 0 Å². The highest BCUT2D eigenvalue weighted by Gasteiger charge is 1.94. The van der Waals surface area contributed by atoms with Gasteiger partial charge in [-0.25, -0.2) is 4.21 Å². The van der Waals surface area contributed by atoms with Gasteiger partial charge in [0.2, 0.25) is 0 Å². The first-order valence-electron chi connectivity index (χ1n) is 8.50. The Hall–Kier alpha value is 0.0700. The van der Waals surface area contributed by atoms with Gasteiger partial charge in [0.25, 0.3) is 0 Å². The molecule has 0 N–H and O–H groups in total. The molecular formula is C16H33O3S-. The highest BCUT2D eigenvalue weighted by atomic mass is 32.2. The summed E-state index contributed by atoms with van der Waals surface area (Å²) in [5.74, 6) is 0. The third-order valence-corrected chi connectivity index (χ3v) is 4.04. The zero-order valence-electron chi connectivity index (χ0n) is 13.2. The van der Waals surface area contributed by atoms with Crippen molar-refractivity contribution in [2.75, 3.05) is 6.61 Å². The summed E-state index contributed by atoms with van der Waals surface area (Å²) in [6.45, 7) is 2.60. The van der Waals surface area contributed by atoms with Gasteiger partial charge in [-0.15, -0.1) is 0 Å². The van der Waals surface area contributed by atoms with Crippen molar-refractivity contribution in [2.24, 2.45) is 0 Å². The number of unbranched alkanes of at least 4 members (excludes halogenated alkanes) is 13. The summed E-state index contributed by atoms with van der Waals surface area (Å²) in [5, 5.41) is 0. The summed E-state index contributed by atoms with van der Waals surface area (Å²) in [4.78, 5) is 0. The number of hydrogen-bond acceptors (Lipinski definition) is 3. The molecule has 0 heterocycles. The van der Waals surface area contributed by atoms with E-state index in [-0.39, 0.29) is 0 Å². The maximum absolute atomic E-state index is 10.1. The molecule has 0 aromatic rings. The van der Waals surface area contributed by atoms with Gasteiger partial charge in [-0.2, -0.15) is 0 Å². The Labute approximate surface area is 128 Å². The van der Waals surface area contributed by atoms with Crippen LogP contribution in [0.1, 0.15) is 96.8 Å². The van der Waals surface area contributed by atoms with Crippen molar-refractivity contribution in [2.45, 2.75) is 96.8 Å². The lowest BCUT2D eigenvalue weighted by Gasteiger charge is -2.05. The first-order valence-corrected chi connectivity index (χ1v) is 9.50. The van der Waals surface area contributed by atoms with Crippen LogP contribution in [0, 0.1) is 0 Å². The van der Waals surface area contributed by atoms with Crippen LogP contribution in [-0.2, 0) is 15.5 Å². The van der Waals surface area contributed by atoms with Gasteiger partial charge in [-0.3, -0.25) is 0 Å². The summed E-state index contributed by atoms with van der Waals surface area (Å²) >= 11 is -2.33. The molecule has 0 aliphatic heterocycles. The van der Waals surface area contributed by atoms with Gasteiger partial charge < -0.3 is 8.74 Å². The summed E-state index contributed by atoms with van der Waals surface area (Å²) in [5.41, 5.74) is 0. The van der Waals surface area contributed by atoms with Crippen molar-refractivity contribution >= 4 is 11.4 Å². The van der Waals surface area contributed by atoms with Crippen molar-refractivity contribution in [3.8, 4) is 0 Å². The van der Waals surface area contributed by atoms with Crippen molar-refractivity contribution in [3.63, 3.8) is 0 Å². The smallest absolute Gasteiger partial charge is 0.0842 e. The first-order chi connectivity index (χ1) is 9.77. The minimum absolute atomic E-state index is 0.341. The average molecular weight is 306 g/mol. The summed E-state index contributed by atoms with van der Waals surface area (Å²) < 4.78 is 24.7. The highest BCUT2D eigenvalue weighted by molar-refractivity contribution is 7.74. The summed E-state index contributed by atoms with van der Waals surface area (Å²) in [7, 11) is 0. The third kappa shape index (κ3) is 18.1. The van der Waals surface area contributed by atoms with Gasteiger partial charge in [-0.05, 0) is 6.42 Å². The van der Waals surface area contributed by atoms with Crippen LogP contribution in [0.15, 0.2) is 0 Å². The van der Waals surface area contributed by atoms with Crippen LogP contribution in [0.2, 0.25) is 0 Å². The number of hydrogen-bond donors (Lipinski definition) is 0. The fourth-order valence-electron chi connectivity index (χ4n) is 2.42. The quantitative estimate of drug-likeness (QED) is 0.288. The van der Waals surface area contributed by atoms with E-state index in [2.05, 4.69) is 11.1 Å². The molecule has 122 valence electrons. The van der Waals surface area contributed by atoms with Crippen LogP contribution < -0.4 is 0 Å². The van der Waals surface area contributed by atoms with Crippen LogP contribution in [0.5, 0.6) is 0 Å². The van der Waals surface area contributed by atoms with Gasteiger partial charge in [0.15, 0.2) is 0 Å². The maximum Gasteiger partial charge on any atom is 0.0842 e. The Morgan fingerprint density at radius 2 is 1.05 bits per heavy atom. The van der Waals surface area contributed by atoms with Crippen molar-refractivity contribution in [1.82, 2.24) is 0 Å². The minimum atomic E-state index is -2.33. The zero-order chi connectivity index (χ0) is 14.9. The van der Waals surface area contributed by atoms with E-state index in [0.717, 1.165) is 12.8 Å². The van der Waals surface area contributed by atoms with E-state index < -0.39 is 11.4 Å². The molecule has 0 aromatic carbocycles. The molecule has 0 fully saturated rings. The Balaban J connectivity index is 2.94. The lowest BCUT2D eigenvalue weighted by molar-refractivity contribution is 0.290. The molecule has 0 rings (SSSR count). The van der Waals surface area contributed by atoms with Gasteiger partial charge in [0.05, 0.1) is 18.0 Å². The van der Waals surface area contributed by atoms with Gasteiger partial charge in [0, 0.05) is 0 Å². The molecule has 0 saturated carbocycles. The molecule has 20 heavy (non-hydrogen) atoms. The summed E-state index contributed by atoms with van der Waals surface area (Å²) in [6.07, 6.45) is 18.3. The average Bonchev–Trinajstić information content (AvgIpc) is 2.43. The fourth-order valence-corrected chi connectivity index (χ4v) is 2.68. The highest BCUT2D eigenvalue weighted by Crippen LogP contribution is 2.12. The predicted octanol–water partition coefficient (Wildman–Crippen LogP) is 5.28. The van der Waals surface area contributed by atoms with Crippen molar-refractivity contribution < 1.29 is 12.9 Å². The minimum Gasteiger partial charge on any atom is -0.750 e. The van der Waals surface area contributed by atoms with Gasteiger partial charge >= 0.3 is 0 Å². The SMILES string of the molecule is CCCCCCCCCCCCCCCCOS(=O)[O-]. The second-order valence-electron chi connectivity index (χ2n) is 5.62. The Kier molecular flexibility index (Phi) is 17.2. The van der Waals surface area contributed by atoms with Crippen LogP contribution in [-0.4, -0.2) is 15.4 Å². The van der Waals surface area contributed by atoms with E-state index in [1.165, 1.54) is 77.0 Å². The van der Waals surface area contributed by atoms with E-state index in [1.54, 1.807) is 0 Å².